The predicted molar refractivity (Wildman–Crippen MR) is 102 cm³/mol. The summed E-state index contributed by atoms with van der Waals surface area (Å²) < 4.78 is 10.8. The lowest BCUT2D eigenvalue weighted by molar-refractivity contribution is 0.352. The van der Waals surface area contributed by atoms with E-state index < -0.39 is 0 Å². The molecule has 2 N–H and O–H groups in total. The van der Waals surface area contributed by atoms with Crippen LogP contribution in [0.3, 0.4) is 0 Å². The van der Waals surface area contributed by atoms with E-state index in [2.05, 4.69) is 47.7 Å². The highest BCUT2D eigenvalue weighted by Gasteiger charge is 2.09. The second-order valence-electron chi connectivity index (χ2n) is 5.63. The fraction of sp³-hybridized carbons (Fsp3) is 0.350. The molecule has 0 heterocycles. The fourth-order valence-electron chi connectivity index (χ4n) is 2.57. The van der Waals surface area contributed by atoms with Gasteiger partial charge < -0.3 is 20.1 Å². The van der Waals surface area contributed by atoms with Gasteiger partial charge in [-0.25, -0.2) is 4.99 Å². The normalized spacial score (nSPS) is 11.1. The largest absolute Gasteiger partial charge is 0.493 e. The van der Waals surface area contributed by atoms with Crippen molar-refractivity contribution in [3.8, 4) is 11.5 Å². The molecule has 0 aromatic heterocycles. The van der Waals surface area contributed by atoms with E-state index >= 15 is 0 Å². The third-order valence-electron chi connectivity index (χ3n) is 3.94. The van der Waals surface area contributed by atoms with Gasteiger partial charge in [-0.3, -0.25) is 0 Å². The molecule has 2 rings (SSSR count). The zero-order chi connectivity index (χ0) is 18.1. The smallest absolute Gasteiger partial charge is 0.191 e. The van der Waals surface area contributed by atoms with Gasteiger partial charge in [-0.2, -0.15) is 0 Å². The molecule has 134 valence electrons. The molecule has 0 aliphatic carbocycles. The summed E-state index contributed by atoms with van der Waals surface area (Å²) >= 11 is 0. The van der Waals surface area contributed by atoms with Crippen molar-refractivity contribution >= 4 is 5.96 Å². The number of hydrogen-bond donors (Lipinski definition) is 2. The lowest BCUT2D eigenvalue weighted by Gasteiger charge is -2.14. The topological polar surface area (TPSA) is 54.9 Å². The molecule has 0 spiro atoms. The van der Waals surface area contributed by atoms with E-state index in [1.807, 2.05) is 24.3 Å². The van der Waals surface area contributed by atoms with Gasteiger partial charge in [0.05, 0.1) is 20.8 Å². The van der Waals surface area contributed by atoms with Crippen molar-refractivity contribution in [3.63, 3.8) is 0 Å². The predicted octanol–water partition coefficient (Wildman–Crippen LogP) is 3.27. The third-order valence-corrected chi connectivity index (χ3v) is 3.94. The SMILES string of the molecule is CCNC(=NCc1cccc(OC)c1OC)NCc1ccccc1C. The van der Waals surface area contributed by atoms with Crippen LogP contribution < -0.4 is 20.1 Å². The van der Waals surface area contributed by atoms with Gasteiger partial charge in [0.15, 0.2) is 17.5 Å². The zero-order valence-electron chi connectivity index (χ0n) is 15.4. The van der Waals surface area contributed by atoms with Gasteiger partial charge in [-0.1, -0.05) is 36.4 Å². The highest BCUT2D eigenvalue weighted by atomic mass is 16.5. The number of methoxy groups -OCH3 is 2. The number of aryl methyl sites for hydroxylation is 1. The van der Waals surface area contributed by atoms with Crippen LogP contribution in [0.2, 0.25) is 0 Å². The van der Waals surface area contributed by atoms with Gasteiger partial charge in [0.25, 0.3) is 0 Å². The molecule has 2 aromatic rings. The Morgan fingerprint density at radius 2 is 1.72 bits per heavy atom. The number of nitrogens with one attached hydrogen (secondary N) is 2. The second-order valence-corrected chi connectivity index (χ2v) is 5.63. The van der Waals surface area contributed by atoms with Gasteiger partial charge in [0.2, 0.25) is 0 Å². The van der Waals surface area contributed by atoms with Gasteiger partial charge >= 0.3 is 0 Å². The molecule has 0 atom stereocenters. The first-order chi connectivity index (χ1) is 12.2. The zero-order valence-corrected chi connectivity index (χ0v) is 15.4. The maximum Gasteiger partial charge on any atom is 0.191 e. The minimum Gasteiger partial charge on any atom is -0.493 e. The van der Waals surface area contributed by atoms with Crippen LogP contribution in [0.15, 0.2) is 47.5 Å². The highest BCUT2D eigenvalue weighted by molar-refractivity contribution is 5.79. The highest BCUT2D eigenvalue weighted by Crippen LogP contribution is 2.31. The molecule has 0 saturated heterocycles. The van der Waals surface area contributed by atoms with E-state index in [-0.39, 0.29) is 0 Å². The summed E-state index contributed by atoms with van der Waals surface area (Å²) in [5.41, 5.74) is 3.50. The summed E-state index contributed by atoms with van der Waals surface area (Å²) in [4.78, 5) is 4.67. The van der Waals surface area contributed by atoms with Crippen LogP contribution in [0, 0.1) is 6.92 Å². The van der Waals surface area contributed by atoms with Crippen LogP contribution in [0.4, 0.5) is 0 Å². The summed E-state index contributed by atoms with van der Waals surface area (Å²) in [7, 11) is 3.28. The molecule has 0 aliphatic heterocycles. The van der Waals surface area contributed by atoms with Crippen molar-refractivity contribution < 1.29 is 9.47 Å². The van der Waals surface area contributed by atoms with Crippen molar-refractivity contribution in [2.75, 3.05) is 20.8 Å². The molecule has 0 radical (unpaired) electrons. The Labute approximate surface area is 150 Å². The number of guanidine groups is 1. The summed E-state index contributed by atoms with van der Waals surface area (Å²) in [6.45, 7) is 6.20. The van der Waals surface area contributed by atoms with Gasteiger partial charge in [0, 0.05) is 18.7 Å². The van der Waals surface area contributed by atoms with E-state index in [0.29, 0.717) is 12.3 Å². The van der Waals surface area contributed by atoms with Gasteiger partial charge in [-0.05, 0) is 31.0 Å². The standard InChI is InChI=1S/C20H27N3O2/c1-5-21-20(22-13-16-10-7-6-9-15(16)2)23-14-17-11-8-12-18(24-3)19(17)25-4/h6-12H,5,13-14H2,1-4H3,(H2,21,22,23). The van der Waals surface area contributed by atoms with E-state index in [1.165, 1.54) is 11.1 Å². The maximum atomic E-state index is 5.47. The Balaban J connectivity index is 2.11. The van der Waals surface area contributed by atoms with Crippen LogP contribution in [0.1, 0.15) is 23.6 Å². The van der Waals surface area contributed by atoms with Crippen molar-refractivity contribution in [3.05, 3.63) is 59.2 Å². The quantitative estimate of drug-likeness (QED) is 0.599. The molecule has 5 heteroatoms. The number of benzene rings is 2. The van der Waals surface area contributed by atoms with Gasteiger partial charge in [0.1, 0.15) is 0 Å². The van der Waals surface area contributed by atoms with Crippen molar-refractivity contribution in [1.82, 2.24) is 10.6 Å². The summed E-state index contributed by atoms with van der Waals surface area (Å²) in [6.07, 6.45) is 0. The Morgan fingerprint density at radius 3 is 2.40 bits per heavy atom. The Hall–Kier alpha value is -2.69. The van der Waals surface area contributed by atoms with Crippen LogP contribution in [-0.4, -0.2) is 26.7 Å². The number of rotatable bonds is 7. The Bertz CT molecular complexity index is 714. The first kappa shape index (κ1) is 18.6. The molecule has 2 aromatic carbocycles. The summed E-state index contributed by atoms with van der Waals surface area (Å²) in [5, 5.41) is 6.66. The molecule has 0 unspecified atom stereocenters. The van der Waals surface area contributed by atoms with Crippen molar-refractivity contribution in [2.24, 2.45) is 4.99 Å². The molecule has 0 fully saturated rings. The number of aliphatic imine (C=N–C) groups is 1. The minimum absolute atomic E-state index is 0.503. The van der Waals surface area contributed by atoms with Crippen molar-refractivity contribution in [2.45, 2.75) is 26.9 Å². The first-order valence-electron chi connectivity index (χ1n) is 8.46. The lowest BCUT2D eigenvalue weighted by Crippen LogP contribution is -2.36. The molecule has 0 amide bonds. The van der Waals surface area contributed by atoms with E-state index in [9.17, 15) is 0 Å². The average Bonchev–Trinajstić information content (AvgIpc) is 2.64. The number of hydrogen-bond acceptors (Lipinski definition) is 3. The molecule has 5 nitrogen and oxygen atoms in total. The monoisotopic (exact) mass is 341 g/mol. The third kappa shape index (κ3) is 5.14. The number of nitrogens with zero attached hydrogens (tertiary/aromatic N) is 1. The van der Waals surface area contributed by atoms with Gasteiger partial charge in [-0.15, -0.1) is 0 Å². The Morgan fingerprint density at radius 1 is 0.960 bits per heavy atom. The van der Waals surface area contributed by atoms with Crippen LogP contribution in [0.5, 0.6) is 11.5 Å². The first-order valence-corrected chi connectivity index (χ1v) is 8.46. The summed E-state index contributed by atoms with van der Waals surface area (Å²) in [6, 6.07) is 14.2. The molecular weight excluding hydrogens is 314 g/mol. The van der Waals surface area contributed by atoms with Crippen LogP contribution in [-0.2, 0) is 13.1 Å². The van der Waals surface area contributed by atoms with Crippen LogP contribution in [0.25, 0.3) is 0 Å². The average molecular weight is 341 g/mol. The van der Waals surface area contributed by atoms with E-state index in [4.69, 9.17) is 9.47 Å². The van der Waals surface area contributed by atoms with Crippen molar-refractivity contribution in [1.29, 1.82) is 0 Å². The fourth-order valence-corrected chi connectivity index (χ4v) is 2.57. The minimum atomic E-state index is 0.503. The van der Waals surface area contributed by atoms with Crippen LogP contribution >= 0.6 is 0 Å². The number of ether oxygens (including phenoxy) is 2. The molecule has 0 aliphatic rings. The summed E-state index contributed by atoms with van der Waals surface area (Å²) in [5.74, 6) is 2.21. The maximum absolute atomic E-state index is 5.47. The van der Waals surface area contributed by atoms with E-state index in [0.717, 1.165) is 30.4 Å². The molecule has 25 heavy (non-hydrogen) atoms. The number of para-hydroxylation sites is 1. The lowest BCUT2D eigenvalue weighted by atomic mass is 10.1. The Kier molecular flexibility index (Phi) is 7.14. The molecular formula is C20H27N3O2. The molecule has 0 saturated carbocycles. The second kappa shape index (κ2) is 9.57. The van der Waals surface area contributed by atoms with E-state index in [1.54, 1.807) is 14.2 Å². The molecule has 0 bridgehead atoms.